The van der Waals surface area contributed by atoms with Crippen LogP contribution in [0.4, 0.5) is 17.1 Å². The van der Waals surface area contributed by atoms with Crippen molar-refractivity contribution in [2.75, 3.05) is 4.90 Å². The lowest BCUT2D eigenvalue weighted by Crippen LogP contribution is -2.09. The fraction of sp³-hybridized carbons (Fsp3) is 0.103. The second-order valence-electron chi connectivity index (χ2n) is 7.79. The summed E-state index contributed by atoms with van der Waals surface area (Å²) in [6.07, 6.45) is 4.14. The number of hydrogen-bond donors (Lipinski definition) is 1. The SMILES string of the molecule is Cc1ccc(N(c2ccc(C)cc2)c2ccc(/C=C/c3ccccc3CO)cc2)cc1. The molecule has 2 nitrogen and oxygen atoms in total. The van der Waals surface area contributed by atoms with Gasteiger partial charge in [-0.2, -0.15) is 0 Å². The second-order valence-corrected chi connectivity index (χ2v) is 7.79. The molecular weight excluding hydrogens is 378 g/mol. The van der Waals surface area contributed by atoms with E-state index in [1.165, 1.54) is 11.1 Å². The van der Waals surface area contributed by atoms with Crippen LogP contribution >= 0.6 is 0 Å². The number of hydrogen-bond acceptors (Lipinski definition) is 2. The van der Waals surface area contributed by atoms with Crippen LogP contribution in [0.5, 0.6) is 0 Å². The van der Waals surface area contributed by atoms with Crippen molar-refractivity contribution in [2.45, 2.75) is 20.5 Å². The van der Waals surface area contributed by atoms with Gasteiger partial charge >= 0.3 is 0 Å². The monoisotopic (exact) mass is 405 g/mol. The van der Waals surface area contributed by atoms with Crippen molar-refractivity contribution in [1.82, 2.24) is 0 Å². The highest BCUT2D eigenvalue weighted by Crippen LogP contribution is 2.34. The van der Waals surface area contributed by atoms with Gasteiger partial charge in [0.1, 0.15) is 0 Å². The van der Waals surface area contributed by atoms with Crippen LogP contribution < -0.4 is 4.90 Å². The fourth-order valence-corrected chi connectivity index (χ4v) is 3.60. The summed E-state index contributed by atoms with van der Waals surface area (Å²) in [6.45, 7) is 4.26. The molecule has 0 heterocycles. The van der Waals surface area contributed by atoms with Gasteiger partial charge in [-0.15, -0.1) is 0 Å². The Kier molecular flexibility index (Phi) is 6.30. The van der Waals surface area contributed by atoms with Crippen molar-refractivity contribution >= 4 is 29.2 Å². The van der Waals surface area contributed by atoms with Crippen LogP contribution in [0.2, 0.25) is 0 Å². The third kappa shape index (κ3) is 4.93. The van der Waals surface area contributed by atoms with Crippen LogP contribution in [0.15, 0.2) is 97.1 Å². The van der Waals surface area contributed by atoms with Crippen LogP contribution in [-0.2, 0) is 6.61 Å². The van der Waals surface area contributed by atoms with E-state index < -0.39 is 0 Å². The first kappa shape index (κ1) is 20.6. The van der Waals surface area contributed by atoms with Gasteiger partial charge < -0.3 is 10.0 Å². The highest BCUT2D eigenvalue weighted by atomic mass is 16.3. The zero-order valence-corrected chi connectivity index (χ0v) is 18.0. The molecule has 31 heavy (non-hydrogen) atoms. The topological polar surface area (TPSA) is 23.5 Å². The van der Waals surface area contributed by atoms with Crippen LogP contribution in [0.1, 0.15) is 27.8 Å². The number of aryl methyl sites for hydroxylation is 2. The van der Waals surface area contributed by atoms with Gasteiger partial charge in [0.15, 0.2) is 0 Å². The number of benzene rings is 4. The molecule has 0 aliphatic carbocycles. The summed E-state index contributed by atoms with van der Waals surface area (Å²) in [7, 11) is 0. The first-order valence-electron chi connectivity index (χ1n) is 10.5. The van der Waals surface area contributed by atoms with E-state index in [0.29, 0.717) is 0 Å². The number of nitrogens with zero attached hydrogens (tertiary/aromatic N) is 1. The molecule has 2 heteroatoms. The maximum absolute atomic E-state index is 9.52. The first-order valence-corrected chi connectivity index (χ1v) is 10.5. The Hall–Kier alpha value is -3.62. The molecule has 0 aliphatic heterocycles. The van der Waals surface area contributed by atoms with Crippen LogP contribution in [0.25, 0.3) is 12.2 Å². The molecular formula is C29H27NO. The zero-order valence-electron chi connectivity index (χ0n) is 18.0. The molecule has 4 rings (SSSR count). The number of aliphatic hydroxyl groups excluding tert-OH is 1. The highest BCUT2D eigenvalue weighted by Gasteiger charge is 2.12. The summed E-state index contributed by atoms with van der Waals surface area (Å²) in [5.41, 5.74) is 8.96. The lowest BCUT2D eigenvalue weighted by Gasteiger charge is -2.25. The summed E-state index contributed by atoms with van der Waals surface area (Å²) in [5.74, 6) is 0. The molecule has 4 aromatic rings. The van der Waals surface area contributed by atoms with Crippen molar-refractivity contribution in [3.05, 3.63) is 125 Å². The third-order valence-electron chi connectivity index (χ3n) is 5.42. The quantitative estimate of drug-likeness (QED) is 0.337. The predicted octanol–water partition coefficient (Wildman–Crippen LogP) is 7.44. The van der Waals surface area contributed by atoms with E-state index in [1.807, 2.05) is 24.3 Å². The van der Waals surface area contributed by atoms with Crippen molar-refractivity contribution < 1.29 is 5.11 Å². The molecule has 1 N–H and O–H groups in total. The molecule has 0 bridgehead atoms. The predicted molar refractivity (Wildman–Crippen MR) is 132 cm³/mol. The molecule has 0 aliphatic rings. The Morgan fingerprint density at radius 1 is 0.613 bits per heavy atom. The van der Waals surface area contributed by atoms with Gasteiger partial charge in [0, 0.05) is 17.1 Å². The molecule has 0 aromatic heterocycles. The second kappa shape index (κ2) is 9.46. The van der Waals surface area contributed by atoms with Gasteiger partial charge in [-0.3, -0.25) is 0 Å². The van der Waals surface area contributed by atoms with E-state index in [9.17, 15) is 5.11 Å². The van der Waals surface area contributed by atoms with E-state index in [4.69, 9.17) is 0 Å². The molecule has 0 atom stereocenters. The van der Waals surface area contributed by atoms with Crippen LogP contribution in [-0.4, -0.2) is 5.11 Å². The minimum Gasteiger partial charge on any atom is -0.392 e. The normalized spacial score (nSPS) is 11.1. The van der Waals surface area contributed by atoms with Crippen molar-refractivity contribution in [3.8, 4) is 0 Å². The number of aliphatic hydroxyl groups is 1. The Morgan fingerprint density at radius 2 is 1.10 bits per heavy atom. The Labute approximate surface area is 184 Å². The van der Waals surface area contributed by atoms with Crippen LogP contribution in [0, 0.1) is 13.8 Å². The fourth-order valence-electron chi connectivity index (χ4n) is 3.60. The van der Waals surface area contributed by atoms with Gasteiger partial charge in [-0.25, -0.2) is 0 Å². The van der Waals surface area contributed by atoms with E-state index in [1.54, 1.807) is 0 Å². The standard InChI is InChI=1S/C29H27NO/c1-22-7-15-27(16-8-22)30(28-17-9-23(2)10-18-28)29-19-12-24(13-20-29)11-14-25-5-3-4-6-26(25)21-31/h3-20,31H,21H2,1-2H3/b14-11+. The summed E-state index contributed by atoms with van der Waals surface area (Å²) >= 11 is 0. The van der Waals surface area contributed by atoms with E-state index in [2.05, 4.69) is 104 Å². The van der Waals surface area contributed by atoms with E-state index >= 15 is 0 Å². The maximum Gasteiger partial charge on any atom is 0.0687 e. The third-order valence-corrected chi connectivity index (χ3v) is 5.42. The van der Waals surface area contributed by atoms with Crippen molar-refractivity contribution in [1.29, 1.82) is 0 Å². The van der Waals surface area contributed by atoms with E-state index in [0.717, 1.165) is 33.8 Å². The van der Waals surface area contributed by atoms with Gasteiger partial charge in [0.25, 0.3) is 0 Å². The molecule has 4 aromatic carbocycles. The molecule has 0 radical (unpaired) electrons. The molecule has 0 saturated carbocycles. The Morgan fingerprint density at radius 3 is 1.61 bits per heavy atom. The molecule has 0 amide bonds. The van der Waals surface area contributed by atoms with Crippen molar-refractivity contribution in [2.24, 2.45) is 0 Å². The van der Waals surface area contributed by atoms with Gasteiger partial charge in [0.05, 0.1) is 6.61 Å². The Bertz CT molecular complexity index is 1110. The average molecular weight is 406 g/mol. The number of rotatable bonds is 6. The average Bonchev–Trinajstić information content (AvgIpc) is 2.81. The lowest BCUT2D eigenvalue weighted by atomic mass is 10.1. The van der Waals surface area contributed by atoms with Crippen LogP contribution in [0.3, 0.4) is 0 Å². The summed E-state index contributed by atoms with van der Waals surface area (Å²) < 4.78 is 0. The van der Waals surface area contributed by atoms with Crippen molar-refractivity contribution in [3.63, 3.8) is 0 Å². The highest BCUT2D eigenvalue weighted by molar-refractivity contribution is 5.78. The first-order chi connectivity index (χ1) is 15.1. The zero-order chi connectivity index (χ0) is 21.6. The molecule has 0 saturated heterocycles. The summed E-state index contributed by atoms with van der Waals surface area (Å²) in [4.78, 5) is 2.27. The van der Waals surface area contributed by atoms with E-state index in [-0.39, 0.29) is 6.61 Å². The number of anilines is 3. The molecule has 154 valence electrons. The Balaban J connectivity index is 1.65. The van der Waals surface area contributed by atoms with Gasteiger partial charge in [-0.1, -0.05) is 83.9 Å². The molecule has 0 unspecified atom stereocenters. The van der Waals surface area contributed by atoms with Gasteiger partial charge in [-0.05, 0) is 66.9 Å². The summed E-state index contributed by atoms with van der Waals surface area (Å²) in [5, 5.41) is 9.52. The lowest BCUT2D eigenvalue weighted by molar-refractivity contribution is 0.281. The minimum absolute atomic E-state index is 0.0432. The summed E-state index contributed by atoms with van der Waals surface area (Å²) in [6, 6.07) is 33.7. The largest absolute Gasteiger partial charge is 0.392 e. The molecule has 0 spiro atoms. The maximum atomic E-state index is 9.52. The molecule has 0 fully saturated rings. The van der Waals surface area contributed by atoms with Gasteiger partial charge in [0.2, 0.25) is 0 Å². The smallest absolute Gasteiger partial charge is 0.0687 e. The minimum atomic E-state index is 0.0432.